The molecule has 0 radical (unpaired) electrons. The number of hydrogen-bond acceptors (Lipinski definition) is 3. The van der Waals surface area contributed by atoms with Crippen LogP contribution in [0.15, 0.2) is 4.99 Å². The monoisotopic (exact) mass is 159 g/mol. The minimum atomic E-state index is -0.221. The van der Waals surface area contributed by atoms with Gasteiger partial charge >= 0.3 is 0 Å². The van der Waals surface area contributed by atoms with Gasteiger partial charge in [-0.15, -0.1) is 0 Å². The van der Waals surface area contributed by atoms with Crippen LogP contribution >= 0.6 is 0 Å². The Kier molecular flexibility index (Phi) is 3.72. The third kappa shape index (κ3) is 3.20. The molecule has 2 N–H and O–H groups in total. The van der Waals surface area contributed by atoms with E-state index < -0.39 is 0 Å². The summed E-state index contributed by atoms with van der Waals surface area (Å²) in [5, 5.41) is 6.17. The molecule has 0 saturated heterocycles. The topological polar surface area (TPSA) is 36.4 Å². The van der Waals surface area contributed by atoms with Crippen LogP contribution in [0.5, 0.6) is 0 Å². The second-order valence-electron chi connectivity index (χ2n) is 2.48. The average Bonchev–Trinajstić information content (AvgIpc) is 2.50. The van der Waals surface area contributed by atoms with Crippen LogP contribution in [0.1, 0.15) is 12.8 Å². The number of hydrogen-bond donors (Lipinski definition) is 2. The number of halogens is 1. The summed E-state index contributed by atoms with van der Waals surface area (Å²) in [4.78, 5) is 4.13. The zero-order chi connectivity index (χ0) is 7.94. The molecule has 1 aliphatic rings. The van der Waals surface area contributed by atoms with Crippen molar-refractivity contribution < 1.29 is 4.39 Å². The molecule has 1 rings (SSSR count). The largest absolute Gasteiger partial charge is 0.356 e. The lowest BCUT2D eigenvalue weighted by atomic mass is 10.3. The molecular formula is C7H14FN3. The maximum Gasteiger partial charge on any atom is 0.191 e. The summed E-state index contributed by atoms with van der Waals surface area (Å²) >= 11 is 0. The van der Waals surface area contributed by atoms with E-state index in [4.69, 9.17) is 0 Å². The molecule has 0 aromatic heterocycles. The normalized spacial score (nSPS) is 15.9. The van der Waals surface area contributed by atoms with Crippen LogP contribution in [-0.4, -0.2) is 32.3 Å². The zero-order valence-electron chi connectivity index (χ0n) is 6.57. The third-order valence-corrected chi connectivity index (χ3v) is 1.53. The van der Waals surface area contributed by atoms with Gasteiger partial charge in [-0.25, -0.2) is 0 Å². The number of rotatable bonds is 4. The summed E-state index contributed by atoms with van der Waals surface area (Å²) in [7, 11) is 0. The molecule has 0 atom stereocenters. The summed E-state index contributed by atoms with van der Waals surface area (Å²) in [6.07, 6.45) is 1.51. The number of alkyl halides is 1. The lowest BCUT2D eigenvalue weighted by Crippen LogP contribution is -2.34. The van der Waals surface area contributed by atoms with Gasteiger partial charge in [-0.2, -0.15) is 0 Å². The molecule has 11 heavy (non-hydrogen) atoms. The first kappa shape index (κ1) is 8.30. The maximum atomic E-state index is 11.6. The van der Waals surface area contributed by atoms with E-state index in [0.29, 0.717) is 6.42 Å². The zero-order valence-corrected chi connectivity index (χ0v) is 6.57. The highest BCUT2D eigenvalue weighted by molar-refractivity contribution is 5.81. The molecule has 0 unspecified atom stereocenters. The Hall–Kier alpha value is -0.800. The Bertz CT molecular complexity index is 136. The fourth-order valence-corrected chi connectivity index (χ4v) is 0.943. The van der Waals surface area contributed by atoms with E-state index >= 15 is 0 Å². The summed E-state index contributed by atoms with van der Waals surface area (Å²) < 4.78 is 11.6. The molecular weight excluding hydrogens is 145 g/mol. The van der Waals surface area contributed by atoms with E-state index in [1.54, 1.807) is 0 Å². The first-order valence-electron chi connectivity index (χ1n) is 4.01. The average molecular weight is 159 g/mol. The SMILES string of the molecule is FCCCCNC1=NCCN1. The number of guanidine groups is 1. The molecule has 0 amide bonds. The highest BCUT2D eigenvalue weighted by atomic mass is 19.1. The third-order valence-electron chi connectivity index (χ3n) is 1.53. The Morgan fingerprint density at radius 2 is 2.45 bits per heavy atom. The van der Waals surface area contributed by atoms with Gasteiger partial charge in [0, 0.05) is 13.1 Å². The molecule has 0 spiro atoms. The van der Waals surface area contributed by atoms with E-state index in [1.807, 2.05) is 0 Å². The van der Waals surface area contributed by atoms with Crippen molar-refractivity contribution in [3.8, 4) is 0 Å². The quantitative estimate of drug-likeness (QED) is 0.578. The van der Waals surface area contributed by atoms with Gasteiger partial charge in [0.1, 0.15) is 0 Å². The van der Waals surface area contributed by atoms with Gasteiger partial charge in [-0.05, 0) is 12.8 Å². The van der Waals surface area contributed by atoms with Crippen molar-refractivity contribution in [2.45, 2.75) is 12.8 Å². The van der Waals surface area contributed by atoms with Gasteiger partial charge in [0.05, 0.1) is 13.2 Å². The van der Waals surface area contributed by atoms with Crippen molar-refractivity contribution >= 4 is 5.96 Å². The summed E-state index contributed by atoms with van der Waals surface area (Å²) in [5.41, 5.74) is 0. The molecule has 0 aromatic carbocycles. The summed E-state index contributed by atoms with van der Waals surface area (Å²) in [6.45, 7) is 2.37. The first-order valence-corrected chi connectivity index (χ1v) is 4.01. The fourth-order valence-electron chi connectivity index (χ4n) is 0.943. The van der Waals surface area contributed by atoms with Crippen molar-refractivity contribution in [3.63, 3.8) is 0 Å². The number of aliphatic imine (C=N–C) groups is 1. The lowest BCUT2D eigenvalue weighted by Gasteiger charge is -2.04. The standard InChI is InChI=1S/C7H14FN3/c8-3-1-2-4-9-7-10-5-6-11-7/h1-6H2,(H2,9,10,11). The second kappa shape index (κ2) is 4.93. The summed E-state index contributed by atoms with van der Waals surface area (Å²) in [5.74, 6) is 0.865. The van der Waals surface area contributed by atoms with Gasteiger partial charge < -0.3 is 10.6 Å². The molecule has 1 aliphatic heterocycles. The van der Waals surface area contributed by atoms with Crippen LogP contribution < -0.4 is 10.6 Å². The predicted octanol–water partition coefficient (Wildman–Crippen LogP) is 0.285. The molecule has 0 fully saturated rings. The van der Waals surface area contributed by atoms with Gasteiger partial charge in [0.15, 0.2) is 5.96 Å². The van der Waals surface area contributed by atoms with Crippen LogP contribution in [0.3, 0.4) is 0 Å². The molecule has 0 aliphatic carbocycles. The van der Waals surface area contributed by atoms with E-state index in [9.17, 15) is 4.39 Å². The van der Waals surface area contributed by atoms with Gasteiger partial charge in [0.25, 0.3) is 0 Å². The van der Waals surface area contributed by atoms with Crippen LogP contribution in [0.2, 0.25) is 0 Å². The van der Waals surface area contributed by atoms with E-state index in [0.717, 1.165) is 32.0 Å². The van der Waals surface area contributed by atoms with Gasteiger partial charge in [0.2, 0.25) is 0 Å². The van der Waals surface area contributed by atoms with Crippen LogP contribution in [0.4, 0.5) is 4.39 Å². The van der Waals surface area contributed by atoms with E-state index in [1.165, 1.54) is 0 Å². The Labute approximate surface area is 66.1 Å². The van der Waals surface area contributed by atoms with Gasteiger partial charge in [-0.3, -0.25) is 9.38 Å². The second-order valence-corrected chi connectivity index (χ2v) is 2.48. The first-order chi connectivity index (χ1) is 5.43. The molecule has 0 bridgehead atoms. The molecule has 0 saturated carbocycles. The molecule has 4 heteroatoms. The van der Waals surface area contributed by atoms with Gasteiger partial charge in [-0.1, -0.05) is 0 Å². The van der Waals surface area contributed by atoms with Crippen LogP contribution in [-0.2, 0) is 0 Å². The number of nitrogens with zero attached hydrogens (tertiary/aromatic N) is 1. The predicted molar refractivity (Wildman–Crippen MR) is 43.5 cm³/mol. The Balaban J connectivity index is 1.94. The fraction of sp³-hybridized carbons (Fsp3) is 0.857. The maximum absolute atomic E-state index is 11.6. The molecule has 3 nitrogen and oxygen atoms in total. The summed E-state index contributed by atoms with van der Waals surface area (Å²) in [6, 6.07) is 0. The van der Waals surface area contributed by atoms with Crippen molar-refractivity contribution in [3.05, 3.63) is 0 Å². The minimum absolute atomic E-state index is 0.221. The molecule has 1 heterocycles. The van der Waals surface area contributed by atoms with Crippen LogP contribution in [0.25, 0.3) is 0 Å². The van der Waals surface area contributed by atoms with E-state index in [-0.39, 0.29) is 6.67 Å². The van der Waals surface area contributed by atoms with E-state index in [2.05, 4.69) is 15.6 Å². The molecule has 64 valence electrons. The van der Waals surface area contributed by atoms with Crippen molar-refractivity contribution in [1.82, 2.24) is 10.6 Å². The Morgan fingerprint density at radius 3 is 3.09 bits per heavy atom. The minimum Gasteiger partial charge on any atom is -0.356 e. The Morgan fingerprint density at radius 1 is 1.55 bits per heavy atom. The molecule has 0 aromatic rings. The highest BCUT2D eigenvalue weighted by Crippen LogP contribution is 1.87. The van der Waals surface area contributed by atoms with Crippen LogP contribution in [0, 0.1) is 0 Å². The number of unbranched alkanes of at least 4 members (excludes halogenated alkanes) is 1. The van der Waals surface area contributed by atoms with Crippen molar-refractivity contribution in [1.29, 1.82) is 0 Å². The lowest BCUT2D eigenvalue weighted by molar-refractivity contribution is 0.461. The van der Waals surface area contributed by atoms with Crippen molar-refractivity contribution in [2.75, 3.05) is 26.3 Å². The smallest absolute Gasteiger partial charge is 0.191 e. The number of nitrogens with one attached hydrogen (secondary N) is 2. The highest BCUT2D eigenvalue weighted by Gasteiger charge is 2.01. The van der Waals surface area contributed by atoms with Crippen molar-refractivity contribution in [2.24, 2.45) is 4.99 Å².